The van der Waals surface area contributed by atoms with Gasteiger partial charge in [-0.25, -0.2) is 9.97 Å². The van der Waals surface area contributed by atoms with Gasteiger partial charge in [-0.05, 0) is 55.1 Å². The van der Waals surface area contributed by atoms with E-state index in [2.05, 4.69) is 41.4 Å². The van der Waals surface area contributed by atoms with Crippen LogP contribution in [-0.4, -0.2) is 45.0 Å². The Morgan fingerprint density at radius 1 is 1.15 bits per heavy atom. The van der Waals surface area contributed by atoms with E-state index in [-0.39, 0.29) is 11.9 Å². The van der Waals surface area contributed by atoms with Gasteiger partial charge in [-0.3, -0.25) is 14.5 Å². The monoisotopic (exact) mass is 470 g/mol. The maximum Gasteiger partial charge on any atom is 0.251 e. The summed E-state index contributed by atoms with van der Waals surface area (Å²) in [4.78, 5) is 28.6. The van der Waals surface area contributed by atoms with Crippen molar-refractivity contribution in [3.63, 3.8) is 0 Å². The number of nitrogens with zero attached hydrogens (tertiary/aromatic N) is 4. The van der Waals surface area contributed by atoms with Gasteiger partial charge in [0.25, 0.3) is 5.91 Å². The van der Waals surface area contributed by atoms with Crippen molar-refractivity contribution in [3.8, 4) is 17.3 Å². The molecule has 4 aromatic heterocycles. The largest absolute Gasteiger partial charge is 0.381 e. The highest BCUT2D eigenvalue weighted by molar-refractivity contribution is 7.97. The van der Waals surface area contributed by atoms with Gasteiger partial charge in [-0.15, -0.1) is 0 Å². The zero-order chi connectivity index (χ0) is 23.5. The van der Waals surface area contributed by atoms with E-state index in [9.17, 15) is 4.79 Å². The topological polar surface area (TPSA) is 131 Å². The van der Waals surface area contributed by atoms with E-state index in [1.807, 2.05) is 12.3 Å². The first kappa shape index (κ1) is 21.9. The van der Waals surface area contributed by atoms with Crippen LogP contribution in [0.1, 0.15) is 28.8 Å². The molecule has 0 saturated heterocycles. The Bertz CT molecular complexity index is 1390. The van der Waals surface area contributed by atoms with Crippen LogP contribution in [-0.2, 0) is 0 Å². The SMILES string of the molecule is CNC(=O)c1ccnc(-c2cnc3[nH]ccc3c2N[C@H]2C[C@@H](NSc3cc(C#N)ccn3)C2)c1. The van der Waals surface area contributed by atoms with Crippen LogP contribution in [0, 0.1) is 11.3 Å². The molecule has 0 radical (unpaired) electrons. The first-order valence-corrected chi connectivity index (χ1v) is 11.7. The minimum atomic E-state index is -0.158. The highest BCUT2D eigenvalue weighted by atomic mass is 32.2. The molecule has 0 aliphatic heterocycles. The van der Waals surface area contributed by atoms with E-state index in [1.54, 1.807) is 49.9 Å². The zero-order valence-corrected chi connectivity index (χ0v) is 19.2. The number of nitrogens with one attached hydrogen (secondary N) is 4. The number of amides is 1. The molecule has 10 heteroatoms. The number of aromatic amines is 1. The van der Waals surface area contributed by atoms with Crippen molar-refractivity contribution in [2.24, 2.45) is 0 Å². The number of pyridine rings is 3. The molecule has 0 unspecified atom stereocenters. The number of carbonyl (C=O) groups excluding carboxylic acids is 1. The highest BCUT2D eigenvalue weighted by Crippen LogP contribution is 2.36. The van der Waals surface area contributed by atoms with E-state index < -0.39 is 0 Å². The summed E-state index contributed by atoms with van der Waals surface area (Å²) in [5.41, 5.74) is 4.43. The second-order valence-corrected chi connectivity index (χ2v) is 8.88. The van der Waals surface area contributed by atoms with E-state index in [0.717, 1.165) is 40.2 Å². The van der Waals surface area contributed by atoms with Crippen LogP contribution in [0.5, 0.6) is 0 Å². The van der Waals surface area contributed by atoms with Gasteiger partial charge < -0.3 is 15.6 Å². The molecule has 0 atom stereocenters. The summed E-state index contributed by atoms with van der Waals surface area (Å²) in [5, 5.41) is 17.1. The van der Waals surface area contributed by atoms with Gasteiger partial charge in [0.2, 0.25) is 0 Å². The summed E-state index contributed by atoms with van der Waals surface area (Å²) in [6.07, 6.45) is 8.81. The molecule has 1 saturated carbocycles. The fourth-order valence-electron chi connectivity index (χ4n) is 3.94. The van der Waals surface area contributed by atoms with Crippen LogP contribution in [0.4, 0.5) is 5.69 Å². The maximum absolute atomic E-state index is 12.1. The summed E-state index contributed by atoms with van der Waals surface area (Å²) >= 11 is 1.45. The first-order valence-electron chi connectivity index (χ1n) is 10.8. The van der Waals surface area contributed by atoms with E-state index >= 15 is 0 Å². The Kier molecular flexibility index (Phi) is 6.12. The average molecular weight is 471 g/mol. The normalized spacial score (nSPS) is 17.1. The summed E-state index contributed by atoms with van der Waals surface area (Å²) in [5.74, 6) is -0.158. The number of nitriles is 1. The molecular weight excluding hydrogens is 448 g/mol. The first-order chi connectivity index (χ1) is 16.6. The molecular formula is C24H22N8OS. The zero-order valence-electron chi connectivity index (χ0n) is 18.4. The smallest absolute Gasteiger partial charge is 0.251 e. The minimum Gasteiger partial charge on any atom is -0.381 e. The molecule has 170 valence electrons. The molecule has 1 aliphatic carbocycles. The number of rotatable bonds is 7. The second kappa shape index (κ2) is 9.51. The van der Waals surface area contributed by atoms with Crippen molar-refractivity contribution in [3.05, 3.63) is 66.2 Å². The predicted octanol–water partition coefficient (Wildman–Crippen LogP) is 3.49. The molecule has 34 heavy (non-hydrogen) atoms. The van der Waals surface area contributed by atoms with Crippen molar-refractivity contribution < 1.29 is 4.79 Å². The second-order valence-electron chi connectivity index (χ2n) is 8.02. The van der Waals surface area contributed by atoms with E-state index in [4.69, 9.17) is 5.26 Å². The summed E-state index contributed by atoms with van der Waals surface area (Å²) < 4.78 is 3.44. The molecule has 0 bridgehead atoms. The van der Waals surface area contributed by atoms with Crippen LogP contribution >= 0.6 is 11.9 Å². The molecule has 4 aromatic rings. The van der Waals surface area contributed by atoms with Gasteiger partial charge in [-0.2, -0.15) is 5.26 Å². The van der Waals surface area contributed by atoms with Crippen LogP contribution in [0.3, 0.4) is 0 Å². The van der Waals surface area contributed by atoms with E-state index in [0.29, 0.717) is 22.9 Å². The summed E-state index contributed by atoms with van der Waals surface area (Å²) in [6.45, 7) is 0. The standard InChI is InChI=1S/C24H22N8OS/c1-26-24(33)15-3-6-27-20(9-15)19-13-30-23-18(4-7-29-23)22(19)31-16-10-17(11-16)32-34-21-8-14(12-25)2-5-28-21/h2-9,13,16-17,32H,10-11H2,1H3,(H,26,33)(H2,29,30,31)/t16-,17+. The molecule has 4 N–H and O–H groups in total. The Balaban J connectivity index is 1.31. The van der Waals surface area contributed by atoms with Crippen molar-refractivity contribution in [1.82, 2.24) is 30.0 Å². The number of fused-ring (bicyclic) bond motifs is 1. The molecule has 1 fully saturated rings. The van der Waals surface area contributed by atoms with Gasteiger partial charge in [0.05, 0.1) is 23.0 Å². The van der Waals surface area contributed by atoms with Crippen molar-refractivity contribution >= 4 is 34.6 Å². The quantitative estimate of drug-likeness (QED) is 0.302. The number of hydrogen-bond acceptors (Lipinski definition) is 8. The molecule has 1 aliphatic rings. The third-order valence-electron chi connectivity index (χ3n) is 5.79. The molecule has 0 spiro atoms. The van der Waals surface area contributed by atoms with Crippen molar-refractivity contribution in [1.29, 1.82) is 5.26 Å². The Labute approximate surface area is 200 Å². The Morgan fingerprint density at radius 2 is 2.00 bits per heavy atom. The molecule has 5 rings (SSSR count). The van der Waals surface area contributed by atoms with Crippen LogP contribution in [0.2, 0.25) is 0 Å². The van der Waals surface area contributed by atoms with Gasteiger partial charge in [0.1, 0.15) is 10.7 Å². The number of carbonyl (C=O) groups is 1. The molecule has 0 aromatic carbocycles. The average Bonchev–Trinajstić information content (AvgIpc) is 3.34. The Morgan fingerprint density at radius 3 is 2.82 bits per heavy atom. The number of aromatic nitrogens is 4. The van der Waals surface area contributed by atoms with Crippen LogP contribution < -0.4 is 15.4 Å². The minimum absolute atomic E-state index is 0.158. The van der Waals surface area contributed by atoms with Crippen molar-refractivity contribution in [2.45, 2.75) is 30.0 Å². The number of hydrogen-bond donors (Lipinski definition) is 4. The van der Waals surface area contributed by atoms with Gasteiger partial charge in [0, 0.05) is 60.4 Å². The van der Waals surface area contributed by atoms with Crippen LogP contribution in [0.15, 0.2) is 60.1 Å². The maximum atomic E-state index is 12.1. The fraction of sp³-hybridized carbons (Fsp3) is 0.208. The lowest BCUT2D eigenvalue weighted by molar-refractivity contribution is 0.0963. The third kappa shape index (κ3) is 4.44. The number of anilines is 1. The highest BCUT2D eigenvalue weighted by Gasteiger charge is 2.30. The summed E-state index contributed by atoms with van der Waals surface area (Å²) in [6, 6.07) is 11.7. The predicted molar refractivity (Wildman–Crippen MR) is 131 cm³/mol. The Hall–Kier alpha value is -3.94. The van der Waals surface area contributed by atoms with Gasteiger partial charge in [0.15, 0.2) is 0 Å². The fourth-order valence-corrected chi connectivity index (χ4v) is 4.71. The van der Waals surface area contributed by atoms with Gasteiger partial charge in [-0.1, -0.05) is 0 Å². The third-order valence-corrected chi connectivity index (χ3v) is 6.68. The van der Waals surface area contributed by atoms with Crippen LogP contribution in [0.25, 0.3) is 22.3 Å². The van der Waals surface area contributed by atoms with E-state index in [1.165, 1.54) is 11.9 Å². The number of H-pyrrole nitrogens is 1. The summed E-state index contributed by atoms with van der Waals surface area (Å²) in [7, 11) is 1.61. The van der Waals surface area contributed by atoms with Crippen molar-refractivity contribution in [2.75, 3.05) is 12.4 Å². The molecule has 1 amide bonds. The lowest BCUT2D eigenvalue weighted by atomic mass is 9.87. The lowest BCUT2D eigenvalue weighted by Crippen LogP contribution is -2.45. The molecule has 4 heterocycles. The lowest BCUT2D eigenvalue weighted by Gasteiger charge is -2.37. The van der Waals surface area contributed by atoms with Gasteiger partial charge >= 0.3 is 0 Å². The molecule has 9 nitrogen and oxygen atoms in total.